The van der Waals surface area contributed by atoms with Crippen LogP contribution in [0.5, 0.6) is 0 Å². The topological polar surface area (TPSA) is 17.1 Å². The van der Waals surface area contributed by atoms with Crippen molar-refractivity contribution in [2.75, 3.05) is 11.5 Å². The summed E-state index contributed by atoms with van der Waals surface area (Å²) < 4.78 is 0. The van der Waals surface area contributed by atoms with Crippen LogP contribution in [0.2, 0.25) is 0 Å². The third kappa shape index (κ3) is 0.986. The summed E-state index contributed by atoms with van der Waals surface area (Å²) in [4.78, 5) is 11.4. The lowest BCUT2D eigenvalue weighted by atomic mass is 9.78. The van der Waals surface area contributed by atoms with E-state index in [1.807, 2.05) is 11.8 Å². The van der Waals surface area contributed by atoms with Gasteiger partial charge in [-0.05, 0) is 12.8 Å². The summed E-state index contributed by atoms with van der Waals surface area (Å²) in [6, 6.07) is 0. The van der Waals surface area contributed by atoms with Crippen molar-refractivity contribution in [2.24, 2.45) is 11.8 Å². The third-order valence-electron chi connectivity index (χ3n) is 2.55. The molecule has 0 aromatic rings. The van der Waals surface area contributed by atoms with E-state index in [0.717, 1.165) is 11.5 Å². The van der Waals surface area contributed by atoms with E-state index in [4.69, 9.17) is 0 Å². The van der Waals surface area contributed by atoms with Crippen LogP contribution in [0, 0.1) is 11.8 Å². The molecule has 1 saturated carbocycles. The summed E-state index contributed by atoms with van der Waals surface area (Å²) in [6.07, 6.45) is 3.65. The van der Waals surface area contributed by atoms with Gasteiger partial charge in [-0.25, -0.2) is 0 Å². The van der Waals surface area contributed by atoms with Crippen LogP contribution < -0.4 is 0 Å². The van der Waals surface area contributed by atoms with Gasteiger partial charge in [0, 0.05) is 23.3 Å². The van der Waals surface area contributed by atoms with Crippen molar-refractivity contribution in [3.63, 3.8) is 0 Å². The predicted molar refractivity (Wildman–Crippen MR) is 43.2 cm³/mol. The Labute approximate surface area is 65.6 Å². The molecule has 10 heavy (non-hydrogen) atoms. The van der Waals surface area contributed by atoms with E-state index in [1.54, 1.807) is 0 Å². The molecule has 56 valence electrons. The Morgan fingerprint density at radius 3 is 2.20 bits per heavy atom. The zero-order valence-electron chi connectivity index (χ0n) is 6.01. The lowest BCUT2D eigenvalue weighted by molar-refractivity contribution is -0.128. The van der Waals surface area contributed by atoms with Gasteiger partial charge in [-0.3, -0.25) is 4.79 Å². The molecule has 2 fully saturated rings. The summed E-state index contributed by atoms with van der Waals surface area (Å²) in [5.41, 5.74) is 0. The molecule has 1 heterocycles. The van der Waals surface area contributed by atoms with E-state index in [2.05, 4.69) is 0 Å². The Morgan fingerprint density at radius 2 is 1.90 bits per heavy atom. The van der Waals surface area contributed by atoms with Crippen LogP contribution in [0.1, 0.15) is 19.3 Å². The fourth-order valence-electron chi connectivity index (χ4n) is 1.43. The van der Waals surface area contributed by atoms with E-state index in [9.17, 15) is 4.79 Å². The Hall–Kier alpha value is 0.0200. The summed E-state index contributed by atoms with van der Waals surface area (Å²) in [6.45, 7) is 0. The minimum absolute atomic E-state index is 0.454. The lowest BCUT2D eigenvalue weighted by Crippen LogP contribution is -2.35. The van der Waals surface area contributed by atoms with E-state index in [0.29, 0.717) is 17.6 Å². The molecule has 1 nitrogen and oxygen atoms in total. The van der Waals surface area contributed by atoms with Crippen LogP contribution in [-0.2, 0) is 4.79 Å². The van der Waals surface area contributed by atoms with Crippen LogP contribution in [0.25, 0.3) is 0 Å². The highest BCUT2D eigenvalue weighted by Gasteiger charge is 2.34. The quantitative estimate of drug-likeness (QED) is 0.605. The number of Topliss-reactive ketones (excluding diaryl/α,β-unsaturated/α-hetero) is 1. The number of hydrogen-bond donors (Lipinski definition) is 0. The first kappa shape index (κ1) is 6.71. The normalized spacial score (nSPS) is 27.2. The number of rotatable bonds is 2. The second-order valence-corrected chi connectivity index (χ2v) is 4.34. The molecular formula is C8H12OS. The summed E-state index contributed by atoms with van der Waals surface area (Å²) >= 11 is 1.90. The van der Waals surface area contributed by atoms with Crippen molar-refractivity contribution in [3.05, 3.63) is 0 Å². The molecule has 0 N–H and O–H groups in total. The van der Waals surface area contributed by atoms with E-state index in [1.165, 1.54) is 19.3 Å². The smallest absolute Gasteiger partial charge is 0.140 e. The van der Waals surface area contributed by atoms with Crippen molar-refractivity contribution in [1.29, 1.82) is 0 Å². The molecule has 0 aromatic heterocycles. The highest BCUT2D eigenvalue weighted by molar-refractivity contribution is 8.00. The fraction of sp³-hybridized carbons (Fsp3) is 0.875. The first-order valence-electron chi connectivity index (χ1n) is 3.99. The Kier molecular flexibility index (Phi) is 1.73. The van der Waals surface area contributed by atoms with Crippen molar-refractivity contribution < 1.29 is 4.79 Å². The van der Waals surface area contributed by atoms with Gasteiger partial charge < -0.3 is 0 Å². The highest BCUT2D eigenvalue weighted by atomic mass is 32.2. The van der Waals surface area contributed by atoms with Gasteiger partial charge in [0.25, 0.3) is 0 Å². The van der Waals surface area contributed by atoms with Gasteiger partial charge >= 0.3 is 0 Å². The number of hydrogen-bond acceptors (Lipinski definition) is 2. The average molecular weight is 156 g/mol. The van der Waals surface area contributed by atoms with Crippen molar-refractivity contribution in [2.45, 2.75) is 19.3 Å². The van der Waals surface area contributed by atoms with E-state index in [-0.39, 0.29) is 0 Å². The van der Waals surface area contributed by atoms with E-state index >= 15 is 0 Å². The molecule has 0 atom stereocenters. The van der Waals surface area contributed by atoms with Gasteiger partial charge in [0.15, 0.2) is 0 Å². The standard InChI is InChI=1S/C8H12OS/c9-8(6-2-1-3-6)7-4-10-5-7/h6-7H,1-5H2. The van der Waals surface area contributed by atoms with Crippen LogP contribution in [0.3, 0.4) is 0 Å². The van der Waals surface area contributed by atoms with E-state index < -0.39 is 0 Å². The molecule has 1 aliphatic heterocycles. The minimum Gasteiger partial charge on any atom is -0.299 e. The number of carbonyl (C=O) groups excluding carboxylic acids is 1. The molecule has 2 rings (SSSR count). The molecule has 0 amide bonds. The zero-order chi connectivity index (χ0) is 6.97. The zero-order valence-corrected chi connectivity index (χ0v) is 6.82. The maximum Gasteiger partial charge on any atom is 0.140 e. The largest absolute Gasteiger partial charge is 0.299 e. The van der Waals surface area contributed by atoms with Gasteiger partial charge in [0.05, 0.1) is 0 Å². The Morgan fingerprint density at radius 1 is 1.20 bits per heavy atom. The first-order chi connectivity index (χ1) is 4.88. The monoisotopic (exact) mass is 156 g/mol. The SMILES string of the molecule is O=C(C1CCC1)C1CSC1. The van der Waals surface area contributed by atoms with Crippen molar-refractivity contribution in [3.8, 4) is 0 Å². The molecule has 1 saturated heterocycles. The van der Waals surface area contributed by atoms with Gasteiger partial charge in [0.2, 0.25) is 0 Å². The van der Waals surface area contributed by atoms with Crippen molar-refractivity contribution in [1.82, 2.24) is 0 Å². The molecular weight excluding hydrogens is 144 g/mol. The maximum atomic E-state index is 11.4. The van der Waals surface area contributed by atoms with Gasteiger partial charge in [-0.2, -0.15) is 11.8 Å². The highest BCUT2D eigenvalue weighted by Crippen LogP contribution is 2.35. The Balaban J connectivity index is 1.84. The molecule has 0 bridgehead atoms. The van der Waals surface area contributed by atoms with Crippen LogP contribution in [0.4, 0.5) is 0 Å². The minimum atomic E-state index is 0.454. The molecule has 1 aliphatic carbocycles. The first-order valence-corrected chi connectivity index (χ1v) is 5.15. The molecule has 0 aromatic carbocycles. The third-order valence-corrected chi connectivity index (χ3v) is 3.82. The summed E-state index contributed by atoms with van der Waals surface area (Å²) in [5.74, 6) is 3.72. The van der Waals surface area contributed by atoms with Crippen molar-refractivity contribution >= 4 is 17.5 Å². The second kappa shape index (κ2) is 2.57. The number of thioether (sulfide) groups is 1. The second-order valence-electron chi connectivity index (χ2n) is 3.26. The molecule has 2 heteroatoms. The van der Waals surface area contributed by atoms with Crippen LogP contribution >= 0.6 is 11.8 Å². The maximum absolute atomic E-state index is 11.4. The van der Waals surface area contributed by atoms with Crippen LogP contribution in [0.15, 0.2) is 0 Å². The summed E-state index contributed by atoms with van der Waals surface area (Å²) in [5, 5.41) is 0. The Bertz CT molecular complexity index is 131. The van der Waals surface area contributed by atoms with Crippen LogP contribution in [-0.4, -0.2) is 17.3 Å². The molecule has 2 aliphatic rings. The lowest BCUT2D eigenvalue weighted by Gasteiger charge is -2.32. The molecule has 0 spiro atoms. The number of carbonyl (C=O) groups is 1. The predicted octanol–water partition coefficient (Wildman–Crippen LogP) is 1.72. The van der Waals surface area contributed by atoms with Gasteiger partial charge in [-0.15, -0.1) is 0 Å². The summed E-state index contributed by atoms with van der Waals surface area (Å²) in [7, 11) is 0. The average Bonchev–Trinajstić information content (AvgIpc) is 1.52. The molecule has 0 radical (unpaired) electrons. The fourth-order valence-corrected chi connectivity index (χ4v) is 2.23. The molecule has 0 unspecified atom stereocenters. The van der Waals surface area contributed by atoms with Gasteiger partial charge in [0.1, 0.15) is 5.78 Å². The van der Waals surface area contributed by atoms with Gasteiger partial charge in [-0.1, -0.05) is 6.42 Å². The number of ketones is 1.